The monoisotopic (exact) mass is 227 g/mol. The van der Waals surface area contributed by atoms with E-state index in [2.05, 4.69) is 5.32 Å². The topological polar surface area (TPSA) is 47.6 Å². The molecule has 2 saturated carbocycles. The van der Waals surface area contributed by atoms with Crippen LogP contribution in [0.5, 0.6) is 0 Å². The van der Waals surface area contributed by atoms with Gasteiger partial charge < -0.3 is 14.8 Å². The summed E-state index contributed by atoms with van der Waals surface area (Å²) in [5, 5.41) is 2.91. The average molecular weight is 227 g/mol. The van der Waals surface area contributed by atoms with E-state index in [4.69, 9.17) is 9.47 Å². The number of carbonyl (C=O) groups excluding carboxylic acids is 1. The van der Waals surface area contributed by atoms with Crippen molar-refractivity contribution < 1.29 is 14.3 Å². The van der Waals surface area contributed by atoms with Crippen molar-refractivity contribution in [2.45, 2.75) is 32.0 Å². The van der Waals surface area contributed by atoms with Gasteiger partial charge in [-0.15, -0.1) is 0 Å². The third kappa shape index (κ3) is 2.38. The minimum absolute atomic E-state index is 0.191. The van der Waals surface area contributed by atoms with Gasteiger partial charge in [-0.1, -0.05) is 12.8 Å². The number of fused-ring (bicyclic) bond motifs is 1. The predicted octanol–water partition coefficient (Wildman–Crippen LogP) is 1.16. The zero-order valence-corrected chi connectivity index (χ0v) is 10.1. The summed E-state index contributed by atoms with van der Waals surface area (Å²) < 4.78 is 10.1. The van der Waals surface area contributed by atoms with Gasteiger partial charge in [0.15, 0.2) is 6.29 Å². The van der Waals surface area contributed by atoms with Crippen molar-refractivity contribution in [2.75, 3.05) is 20.8 Å². The molecule has 2 aliphatic rings. The molecule has 0 aromatic heterocycles. The molecule has 2 unspecified atom stereocenters. The Morgan fingerprint density at radius 2 is 1.81 bits per heavy atom. The molecule has 2 rings (SSSR count). The van der Waals surface area contributed by atoms with E-state index in [1.54, 1.807) is 14.2 Å². The Hall–Kier alpha value is -0.610. The lowest BCUT2D eigenvalue weighted by Gasteiger charge is -2.13. The van der Waals surface area contributed by atoms with Gasteiger partial charge in [-0.25, -0.2) is 0 Å². The zero-order valence-electron chi connectivity index (χ0n) is 10.1. The van der Waals surface area contributed by atoms with Crippen LogP contribution in [0.2, 0.25) is 0 Å². The Labute approximate surface area is 96.7 Å². The summed E-state index contributed by atoms with van der Waals surface area (Å²) in [5.74, 6) is 1.79. The molecule has 0 saturated heterocycles. The number of rotatable bonds is 5. The van der Waals surface area contributed by atoms with Crippen LogP contribution in [-0.4, -0.2) is 33.0 Å². The number of amides is 1. The van der Waals surface area contributed by atoms with Crippen LogP contribution in [0.25, 0.3) is 0 Å². The number of ether oxygens (including phenoxy) is 2. The fraction of sp³-hybridized carbons (Fsp3) is 0.917. The summed E-state index contributed by atoms with van der Waals surface area (Å²) in [7, 11) is 3.16. The van der Waals surface area contributed by atoms with Gasteiger partial charge in [0.05, 0.1) is 6.54 Å². The lowest BCUT2D eigenvalue weighted by atomic mass is 10.0. The Kier molecular flexibility index (Phi) is 3.82. The van der Waals surface area contributed by atoms with Gasteiger partial charge in [0, 0.05) is 20.1 Å². The largest absolute Gasteiger partial charge is 0.354 e. The minimum atomic E-state index is -0.329. The summed E-state index contributed by atoms with van der Waals surface area (Å²) in [5.41, 5.74) is 0. The van der Waals surface area contributed by atoms with E-state index < -0.39 is 0 Å². The van der Waals surface area contributed by atoms with E-state index in [9.17, 15) is 4.79 Å². The first-order chi connectivity index (χ1) is 7.77. The van der Waals surface area contributed by atoms with Crippen molar-refractivity contribution >= 4 is 5.91 Å². The molecule has 4 nitrogen and oxygen atoms in total. The highest BCUT2D eigenvalue weighted by Gasteiger charge is 2.54. The second-order valence-corrected chi connectivity index (χ2v) is 4.78. The van der Waals surface area contributed by atoms with Crippen LogP contribution in [0, 0.1) is 17.8 Å². The minimum Gasteiger partial charge on any atom is -0.354 e. The molecule has 1 amide bonds. The number of hydrogen-bond donors (Lipinski definition) is 1. The van der Waals surface area contributed by atoms with Crippen LogP contribution in [0.15, 0.2) is 0 Å². The molecule has 16 heavy (non-hydrogen) atoms. The molecule has 0 aromatic rings. The maximum Gasteiger partial charge on any atom is 0.223 e. The molecule has 2 aliphatic carbocycles. The van der Waals surface area contributed by atoms with Crippen LogP contribution in [0.3, 0.4) is 0 Å². The van der Waals surface area contributed by atoms with Crippen LogP contribution >= 0.6 is 0 Å². The summed E-state index contributed by atoms with van der Waals surface area (Å²) in [6.07, 6.45) is 4.74. The molecule has 0 bridgehead atoms. The summed E-state index contributed by atoms with van der Waals surface area (Å²) in [6.45, 7) is 0.446. The molecule has 1 N–H and O–H groups in total. The van der Waals surface area contributed by atoms with Gasteiger partial charge in [0.25, 0.3) is 0 Å². The number of nitrogens with one attached hydrogen (secondary N) is 1. The SMILES string of the molecule is COC(CNC(=O)C1C2CCCCC21)OC. The third-order valence-corrected chi connectivity index (χ3v) is 3.93. The van der Waals surface area contributed by atoms with E-state index in [1.165, 1.54) is 25.7 Å². The third-order valence-electron chi connectivity index (χ3n) is 3.93. The van der Waals surface area contributed by atoms with E-state index in [-0.39, 0.29) is 18.1 Å². The van der Waals surface area contributed by atoms with Gasteiger partial charge in [0.1, 0.15) is 0 Å². The van der Waals surface area contributed by atoms with Crippen molar-refractivity contribution in [1.29, 1.82) is 0 Å². The van der Waals surface area contributed by atoms with E-state index in [0.717, 1.165) is 0 Å². The van der Waals surface area contributed by atoms with Gasteiger partial charge in [-0.3, -0.25) is 4.79 Å². The highest BCUT2D eigenvalue weighted by Crippen LogP contribution is 2.55. The standard InChI is InChI=1S/C12H21NO3/c1-15-10(16-2)7-13-12(14)11-8-5-3-4-6-9(8)11/h8-11H,3-7H2,1-2H3,(H,13,14). The first-order valence-electron chi connectivity index (χ1n) is 6.11. The summed E-state index contributed by atoms with van der Waals surface area (Å²) in [6, 6.07) is 0. The highest BCUT2D eigenvalue weighted by atomic mass is 16.7. The number of methoxy groups -OCH3 is 2. The molecule has 92 valence electrons. The van der Waals surface area contributed by atoms with Crippen molar-refractivity contribution in [1.82, 2.24) is 5.32 Å². The molecular weight excluding hydrogens is 206 g/mol. The lowest BCUT2D eigenvalue weighted by Crippen LogP contribution is -2.35. The summed E-state index contributed by atoms with van der Waals surface area (Å²) >= 11 is 0. The lowest BCUT2D eigenvalue weighted by molar-refractivity contribution is -0.129. The van der Waals surface area contributed by atoms with Crippen LogP contribution in [-0.2, 0) is 14.3 Å². The maximum atomic E-state index is 11.9. The number of carbonyl (C=O) groups is 1. The van der Waals surface area contributed by atoms with Crippen molar-refractivity contribution in [3.63, 3.8) is 0 Å². The quantitative estimate of drug-likeness (QED) is 0.717. The first kappa shape index (κ1) is 11.9. The van der Waals surface area contributed by atoms with Gasteiger partial charge in [0.2, 0.25) is 5.91 Å². The zero-order chi connectivity index (χ0) is 11.5. The molecule has 4 heteroatoms. The van der Waals surface area contributed by atoms with E-state index in [0.29, 0.717) is 18.4 Å². The molecule has 0 heterocycles. The predicted molar refractivity (Wildman–Crippen MR) is 59.8 cm³/mol. The molecule has 0 aliphatic heterocycles. The smallest absolute Gasteiger partial charge is 0.223 e. The van der Waals surface area contributed by atoms with Crippen LogP contribution in [0.4, 0.5) is 0 Å². The molecule has 0 radical (unpaired) electrons. The van der Waals surface area contributed by atoms with Gasteiger partial charge in [-0.2, -0.15) is 0 Å². The van der Waals surface area contributed by atoms with Crippen LogP contribution in [0.1, 0.15) is 25.7 Å². The average Bonchev–Trinajstić information content (AvgIpc) is 3.04. The second-order valence-electron chi connectivity index (χ2n) is 4.78. The molecule has 2 fully saturated rings. The van der Waals surface area contributed by atoms with Gasteiger partial charge >= 0.3 is 0 Å². The molecule has 0 spiro atoms. The summed E-state index contributed by atoms with van der Waals surface area (Å²) in [4.78, 5) is 11.9. The Morgan fingerprint density at radius 3 is 2.31 bits per heavy atom. The Morgan fingerprint density at radius 1 is 1.25 bits per heavy atom. The van der Waals surface area contributed by atoms with Crippen molar-refractivity contribution in [3.8, 4) is 0 Å². The fourth-order valence-corrected chi connectivity index (χ4v) is 2.95. The van der Waals surface area contributed by atoms with Gasteiger partial charge in [-0.05, 0) is 24.7 Å². The molecule has 2 atom stereocenters. The van der Waals surface area contributed by atoms with Crippen LogP contribution < -0.4 is 5.32 Å². The first-order valence-corrected chi connectivity index (χ1v) is 6.11. The van der Waals surface area contributed by atoms with E-state index in [1.807, 2.05) is 0 Å². The Bertz CT molecular complexity index is 241. The second kappa shape index (κ2) is 5.15. The Balaban J connectivity index is 1.73. The van der Waals surface area contributed by atoms with Crippen molar-refractivity contribution in [2.24, 2.45) is 17.8 Å². The molecular formula is C12H21NO3. The normalized spacial score (nSPS) is 32.3. The fourth-order valence-electron chi connectivity index (χ4n) is 2.95. The maximum absolute atomic E-state index is 11.9. The molecule has 0 aromatic carbocycles. The highest BCUT2D eigenvalue weighted by molar-refractivity contribution is 5.82. The number of hydrogen-bond acceptors (Lipinski definition) is 3. The van der Waals surface area contributed by atoms with Crippen molar-refractivity contribution in [3.05, 3.63) is 0 Å². The van der Waals surface area contributed by atoms with E-state index >= 15 is 0 Å².